The molecule has 5 nitrogen and oxygen atoms in total. The summed E-state index contributed by atoms with van der Waals surface area (Å²) in [5, 5.41) is 5.32. The van der Waals surface area contributed by atoms with E-state index in [2.05, 4.69) is 40.4 Å². The third-order valence-corrected chi connectivity index (χ3v) is 5.45. The summed E-state index contributed by atoms with van der Waals surface area (Å²) < 4.78 is 0. The molecule has 0 unspecified atom stereocenters. The van der Waals surface area contributed by atoms with E-state index in [1.54, 1.807) is 12.1 Å². The number of amides is 1. The molecule has 0 spiro atoms. The summed E-state index contributed by atoms with van der Waals surface area (Å²) in [6.45, 7) is 3.73. The maximum absolute atomic E-state index is 12.8. The summed E-state index contributed by atoms with van der Waals surface area (Å²) in [4.78, 5) is 28.6. The van der Waals surface area contributed by atoms with E-state index in [4.69, 9.17) is 0 Å². The van der Waals surface area contributed by atoms with E-state index in [1.165, 1.54) is 0 Å². The number of benzene rings is 3. The summed E-state index contributed by atoms with van der Waals surface area (Å²) in [7, 11) is 2.11. The van der Waals surface area contributed by atoms with Gasteiger partial charge in [-0.3, -0.25) is 9.59 Å². The van der Waals surface area contributed by atoms with Gasteiger partial charge in [0.05, 0.1) is 17.8 Å². The fourth-order valence-corrected chi connectivity index (χ4v) is 3.78. The highest BCUT2D eigenvalue weighted by atomic mass is 16.1. The quantitative estimate of drug-likeness (QED) is 0.680. The fraction of sp³-hybridized carbons (Fsp3) is 0.250. The molecule has 4 rings (SSSR count). The molecule has 0 radical (unpaired) electrons. The average Bonchev–Trinajstić information content (AvgIpc) is 2.74. The lowest BCUT2D eigenvalue weighted by Crippen LogP contribution is -2.44. The van der Waals surface area contributed by atoms with Gasteiger partial charge in [-0.15, -0.1) is 0 Å². The van der Waals surface area contributed by atoms with Crippen LogP contribution in [0.15, 0.2) is 60.7 Å². The zero-order chi connectivity index (χ0) is 20.2. The molecule has 0 aromatic heterocycles. The van der Waals surface area contributed by atoms with Crippen LogP contribution in [-0.2, 0) is 11.2 Å². The van der Waals surface area contributed by atoms with Crippen LogP contribution in [0, 0.1) is 0 Å². The van der Waals surface area contributed by atoms with Gasteiger partial charge < -0.3 is 15.1 Å². The highest BCUT2D eigenvalue weighted by Gasteiger charge is 2.18. The highest BCUT2D eigenvalue weighted by Crippen LogP contribution is 2.28. The van der Waals surface area contributed by atoms with Crippen molar-refractivity contribution in [3.63, 3.8) is 0 Å². The van der Waals surface area contributed by atoms with Crippen molar-refractivity contribution >= 4 is 34.3 Å². The van der Waals surface area contributed by atoms with Crippen LogP contribution < -0.4 is 10.2 Å². The fourth-order valence-electron chi connectivity index (χ4n) is 3.78. The van der Waals surface area contributed by atoms with Gasteiger partial charge in [-0.2, -0.15) is 0 Å². The van der Waals surface area contributed by atoms with Gasteiger partial charge in [0.25, 0.3) is 0 Å². The number of nitrogens with zero attached hydrogens (tertiary/aromatic N) is 2. The zero-order valence-electron chi connectivity index (χ0n) is 16.6. The first-order valence-electron chi connectivity index (χ1n) is 9.92. The van der Waals surface area contributed by atoms with E-state index in [9.17, 15) is 9.59 Å². The van der Waals surface area contributed by atoms with E-state index < -0.39 is 0 Å². The molecule has 1 aliphatic rings. The van der Waals surface area contributed by atoms with Crippen molar-refractivity contribution in [2.75, 3.05) is 43.4 Å². The molecule has 3 aromatic carbocycles. The summed E-state index contributed by atoms with van der Waals surface area (Å²) in [5.74, 6) is -0.0845. The molecule has 1 saturated heterocycles. The predicted octanol–water partition coefficient (Wildman–Crippen LogP) is 3.59. The van der Waals surface area contributed by atoms with Crippen molar-refractivity contribution in [2.24, 2.45) is 0 Å². The highest BCUT2D eigenvalue weighted by molar-refractivity contribution is 5.97. The number of likely N-dealkylation sites (N-methyl/N-ethyl adjacent to an activating group) is 1. The summed E-state index contributed by atoms with van der Waals surface area (Å²) in [6, 6.07) is 19.7. The number of fused-ring (bicyclic) bond motifs is 1. The molecule has 0 bridgehead atoms. The van der Waals surface area contributed by atoms with Crippen LogP contribution in [-0.4, -0.2) is 50.3 Å². The number of hydrogen-bond acceptors (Lipinski definition) is 4. The van der Waals surface area contributed by atoms with Crippen LogP contribution in [0.3, 0.4) is 0 Å². The van der Waals surface area contributed by atoms with Gasteiger partial charge in [-0.1, -0.05) is 42.5 Å². The number of carbonyl (C=O) groups is 2. The maximum atomic E-state index is 12.8. The lowest BCUT2D eigenvalue weighted by atomic mass is 10.0. The van der Waals surface area contributed by atoms with Gasteiger partial charge >= 0.3 is 0 Å². The van der Waals surface area contributed by atoms with Crippen molar-refractivity contribution in [3.05, 3.63) is 71.8 Å². The molecule has 5 heteroatoms. The monoisotopic (exact) mass is 387 g/mol. The molecule has 1 fully saturated rings. The van der Waals surface area contributed by atoms with E-state index in [-0.39, 0.29) is 5.91 Å². The topological polar surface area (TPSA) is 52.6 Å². The Labute approximate surface area is 170 Å². The Morgan fingerprint density at radius 2 is 1.72 bits per heavy atom. The SMILES string of the molecule is CN1CCN(c2ccc(C=O)cc2NC(=O)Cc2ccc3ccccc3c2)CC1. The van der Waals surface area contributed by atoms with Gasteiger partial charge in [0, 0.05) is 31.7 Å². The maximum Gasteiger partial charge on any atom is 0.228 e. The predicted molar refractivity (Wildman–Crippen MR) is 118 cm³/mol. The minimum Gasteiger partial charge on any atom is -0.367 e. The van der Waals surface area contributed by atoms with Crippen molar-refractivity contribution in [3.8, 4) is 0 Å². The van der Waals surface area contributed by atoms with E-state index >= 15 is 0 Å². The van der Waals surface area contributed by atoms with E-state index in [0.717, 1.165) is 54.5 Å². The third-order valence-electron chi connectivity index (χ3n) is 5.45. The number of aldehydes is 1. The van der Waals surface area contributed by atoms with Crippen molar-refractivity contribution in [1.82, 2.24) is 4.90 Å². The molecule has 1 heterocycles. The molecular weight excluding hydrogens is 362 g/mol. The number of anilines is 2. The molecule has 1 amide bonds. The van der Waals surface area contributed by atoms with Gasteiger partial charge in [0.15, 0.2) is 0 Å². The third kappa shape index (κ3) is 4.46. The largest absolute Gasteiger partial charge is 0.367 e. The molecule has 3 aromatic rings. The standard InChI is InChI=1S/C24H25N3O2/c1-26-10-12-27(13-11-26)23-9-7-19(17-28)15-22(23)25-24(29)16-18-6-8-20-4-2-3-5-21(20)14-18/h2-9,14-15,17H,10-13,16H2,1H3,(H,25,29). The Bertz CT molecular complexity index is 1040. The molecule has 1 N–H and O–H groups in total. The second-order valence-corrected chi connectivity index (χ2v) is 7.59. The molecule has 0 aliphatic carbocycles. The first-order chi connectivity index (χ1) is 14.1. The van der Waals surface area contributed by atoms with Crippen molar-refractivity contribution in [1.29, 1.82) is 0 Å². The summed E-state index contributed by atoms with van der Waals surface area (Å²) >= 11 is 0. The Hall–Kier alpha value is -3.18. The van der Waals surface area contributed by atoms with Gasteiger partial charge in [-0.25, -0.2) is 0 Å². The average molecular weight is 387 g/mol. The minimum atomic E-state index is -0.0845. The first kappa shape index (κ1) is 19.2. The first-order valence-corrected chi connectivity index (χ1v) is 9.92. The van der Waals surface area contributed by atoms with Gasteiger partial charge in [0.1, 0.15) is 6.29 Å². The Kier molecular flexibility index (Phi) is 5.58. The van der Waals surface area contributed by atoms with Gasteiger partial charge in [-0.05, 0) is 41.6 Å². The molecule has 1 aliphatic heterocycles. The summed E-state index contributed by atoms with van der Waals surface area (Å²) in [5.41, 5.74) is 3.19. The number of carbonyl (C=O) groups excluding carboxylic acids is 2. The second-order valence-electron chi connectivity index (χ2n) is 7.59. The van der Waals surface area contributed by atoms with E-state index in [0.29, 0.717) is 17.7 Å². The second kappa shape index (κ2) is 8.45. The van der Waals surface area contributed by atoms with Crippen LogP contribution in [0.5, 0.6) is 0 Å². The molecule has 0 saturated carbocycles. The van der Waals surface area contributed by atoms with Crippen LogP contribution in [0.4, 0.5) is 11.4 Å². The lowest BCUT2D eigenvalue weighted by Gasteiger charge is -2.35. The van der Waals surface area contributed by atoms with Crippen LogP contribution in [0.1, 0.15) is 15.9 Å². The van der Waals surface area contributed by atoms with Crippen LogP contribution >= 0.6 is 0 Å². The minimum absolute atomic E-state index is 0.0845. The summed E-state index contributed by atoms with van der Waals surface area (Å²) in [6.07, 6.45) is 1.10. The molecule has 29 heavy (non-hydrogen) atoms. The Morgan fingerprint density at radius 3 is 2.48 bits per heavy atom. The Morgan fingerprint density at radius 1 is 0.966 bits per heavy atom. The molecular formula is C24H25N3O2. The number of rotatable bonds is 5. The zero-order valence-corrected chi connectivity index (χ0v) is 16.6. The van der Waals surface area contributed by atoms with Crippen LogP contribution in [0.2, 0.25) is 0 Å². The van der Waals surface area contributed by atoms with Gasteiger partial charge in [0.2, 0.25) is 5.91 Å². The molecule has 0 atom stereocenters. The van der Waals surface area contributed by atoms with E-state index in [1.807, 2.05) is 30.3 Å². The number of nitrogens with one attached hydrogen (secondary N) is 1. The molecule has 148 valence electrons. The van der Waals surface area contributed by atoms with Crippen LogP contribution in [0.25, 0.3) is 10.8 Å². The smallest absolute Gasteiger partial charge is 0.228 e. The normalized spacial score (nSPS) is 14.7. The lowest BCUT2D eigenvalue weighted by molar-refractivity contribution is -0.115. The van der Waals surface area contributed by atoms with Crippen molar-refractivity contribution < 1.29 is 9.59 Å². The number of piperazine rings is 1. The van der Waals surface area contributed by atoms with Crippen molar-refractivity contribution in [2.45, 2.75) is 6.42 Å². The number of hydrogen-bond donors (Lipinski definition) is 1. The Balaban J connectivity index is 1.53.